The van der Waals surface area contributed by atoms with E-state index in [1.807, 2.05) is 0 Å². The quantitative estimate of drug-likeness (QED) is 0.161. The Morgan fingerprint density at radius 1 is 0.963 bits per heavy atom. The number of Topliss-reactive ketones (excluding diaryl/α,β-unsaturated/α-hetero) is 3. The lowest BCUT2D eigenvalue weighted by atomic mass is 9.69. The van der Waals surface area contributed by atoms with E-state index in [0.717, 1.165) is 59.8 Å². The fraction of sp³-hybridized carbons (Fsp3) is 0.580. The lowest BCUT2D eigenvalue weighted by Crippen LogP contribution is -2.37. The van der Waals surface area contributed by atoms with Gasteiger partial charge in [0, 0.05) is 35.0 Å². The molecule has 290 valence electrons. The van der Waals surface area contributed by atoms with E-state index in [9.17, 15) is 14.4 Å². The summed E-state index contributed by atoms with van der Waals surface area (Å²) < 4.78 is 7.07. The average molecular weight is 731 g/mol. The normalized spacial score (nSPS) is 26.1. The van der Waals surface area contributed by atoms with Gasteiger partial charge in [0.25, 0.3) is 0 Å². The van der Waals surface area contributed by atoms with Gasteiger partial charge in [0.15, 0.2) is 0 Å². The molecule has 54 heavy (non-hydrogen) atoms. The smallest absolute Gasteiger partial charge is 0.140 e. The number of carbonyl (C=O) groups excluding carboxylic acids is 3. The number of fused-ring (bicyclic) bond motifs is 1. The van der Waals surface area contributed by atoms with Gasteiger partial charge in [-0.15, -0.1) is 0 Å². The molecule has 0 aromatic heterocycles. The molecule has 0 heterocycles. The average Bonchev–Trinajstić information content (AvgIpc) is 3.59. The number of ether oxygens (including phenoxy) is 1. The maximum Gasteiger partial charge on any atom is 0.140 e. The van der Waals surface area contributed by atoms with Crippen LogP contribution in [-0.2, 0) is 14.4 Å². The van der Waals surface area contributed by atoms with Crippen LogP contribution in [0.25, 0.3) is 16.3 Å². The van der Waals surface area contributed by atoms with E-state index in [1.54, 1.807) is 6.92 Å². The van der Waals surface area contributed by atoms with Crippen LogP contribution in [-0.4, -0.2) is 23.5 Å². The molecule has 3 saturated carbocycles. The molecule has 0 bridgehead atoms. The van der Waals surface area contributed by atoms with Crippen molar-refractivity contribution in [2.75, 3.05) is 0 Å². The zero-order valence-electron chi connectivity index (χ0n) is 34.7. The predicted molar refractivity (Wildman–Crippen MR) is 224 cm³/mol. The van der Waals surface area contributed by atoms with Crippen molar-refractivity contribution >= 4 is 33.7 Å². The summed E-state index contributed by atoms with van der Waals surface area (Å²) in [7, 11) is 0. The molecule has 2 aromatic rings. The number of rotatable bonds is 16. The summed E-state index contributed by atoms with van der Waals surface area (Å²) in [6.45, 7) is 25.4. The van der Waals surface area contributed by atoms with Gasteiger partial charge < -0.3 is 4.74 Å². The van der Waals surface area contributed by atoms with Crippen molar-refractivity contribution in [3.8, 4) is 5.75 Å². The van der Waals surface area contributed by atoms with E-state index >= 15 is 0 Å². The summed E-state index contributed by atoms with van der Waals surface area (Å²) in [5.41, 5.74) is 7.63. The lowest BCUT2D eigenvalue weighted by Gasteiger charge is -2.34. The van der Waals surface area contributed by atoms with E-state index in [1.165, 1.54) is 53.5 Å². The highest BCUT2D eigenvalue weighted by Crippen LogP contribution is 2.57. The van der Waals surface area contributed by atoms with Crippen LogP contribution in [0.3, 0.4) is 0 Å². The Morgan fingerprint density at radius 2 is 1.65 bits per heavy atom. The minimum absolute atomic E-state index is 0.0594. The van der Waals surface area contributed by atoms with E-state index in [4.69, 9.17) is 4.74 Å². The highest BCUT2D eigenvalue weighted by Gasteiger charge is 2.58. The third-order valence-electron chi connectivity index (χ3n) is 13.8. The minimum atomic E-state index is -0.576. The molecule has 0 saturated heterocycles. The van der Waals surface area contributed by atoms with Crippen molar-refractivity contribution in [2.45, 2.75) is 145 Å². The monoisotopic (exact) mass is 730 g/mol. The number of hydrogen-bond acceptors (Lipinski definition) is 4. The topological polar surface area (TPSA) is 60.4 Å². The molecular weight excluding hydrogens is 665 g/mol. The molecule has 0 aliphatic heterocycles. The number of allylic oxidation sites excluding steroid dienone is 6. The van der Waals surface area contributed by atoms with E-state index in [-0.39, 0.29) is 47.1 Å². The SMILES string of the molecule is C=C(CC)CC1=CC(c2cc(OC3CC(C(=O)CC4(C(C)=O)CC4C)C(C(=O)C(CC(=C)CC4CCCC4)C(C)(C)C)C3)c3cc(C)cc(C)c3c2)=CC1. The zero-order valence-corrected chi connectivity index (χ0v) is 34.7. The molecule has 0 radical (unpaired) electrons. The summed E-state index contributed by atoms with van der Waals surface area (Å²) in [5.74, 6) is 0.863. The maximum atomic E-state index is 15.0. The third kappa shape index (κ3) is 8.63. The highest BCUT2D eigenvalue weighted by atomic mass is 16.5. The minimum Gasteiger partial charge on any atom is -0.490 e. The number of ketones is 3. The van der Waals surface area contributed by atoms with Gasteiger partial charge in [0.1, 0.15) is 29.2 Å². The zero-order chi connectivity index (χ0) is 39.1. The summed E-state index contributed by atoms with van der Waals surface area (Å²) in [6, 6.07) is 8.89. The Hall–Kier alpha value is -3.53. The first-order chi connectivity index (χ1) is 25.5. The van der Waals surface area contributed by atoms with Crippen LogP contribution in [0.1, 0.15) is 142 Å². The highest BCUT2D eigenvalue weighted by molar-refractivity contribution is 5.97. The Kier molecular flexibility index (Phi) is 11.8. The number of carbonyl (C=O) groups is 3. The van der Waals surface area contributed by atoms with Crippen LogP contribution < -0.4 is 4.74 Å². The number of benzene rings is 2. The van der Waals surface area contributed by atoms with Gasteiger partial charge in [0.2, 0.25) is 0 Å². The van der Waals surface area contributed by atoms with E-state index in [0.29, 0.717) is 25.2 Å². The first-order valence-corrected chi connectivity index (χ1v) is 21.0. The van der Waals surface area contributed by atoms with Gasteiger partial charge in [-0.2, -0.15) is 0 Å². The van der Waals surface area contributed by atoms with Crippen LogP contribution in [0, 0.1) is 54.3 Å². The van der Waals surface area contributed by atoms with Gasteiger partial charge in [-0.25, -0.2) is 0 Å². The summed E-state index contributed by atoms with van der Waals surface area (Å²) in [5, 5.41) is 2.22. The summed E-state index contributed by atoms with van der Waals surface area (Å²) >= 11 is 0. The fourth-order valence-corrected chi connectivity index (χ4v) is 10.2. The van der Waals surface area contributed by atoms with Gasteiger partial charge in [0.05, 0.1) is 0 Å². The largest absolute Gasteiger partial charge is 0.490 e. The fourth-order valence-electron chi connectivity index (χ4n) is 10.2. The molecule has 0 amide bonds. The molecule has 4 nitrogen and oxygen atoms in total. The molecule has 0 spiro atoms. The Morgan fingerprint density at radius 3 is 2.28 bits per heavy atom. The predicted octanol–water partition coefficient (Wildman–Crippen LogP) is 12.6. The van der Waals surface area contributed by atoms with Crippen molar-refractivity contribution in [3.05, 3.63) is 83.0 Å². The van der Waals surface area contributed by atoms with Crippen LogP contribution in [0.5, 0.6) is 5.75 Å². The lowest BCUT2D eigenvalue weighted by molar-refractivity contribution is -0.137. The molecule has 2 aromatic carbocycles. The Bertz CT molecular complexity index is 1890. The van der Waals surface area contributed by atoms with Crippen LogP contribution in [0.4, 0.5) is 0 Å². The molecular formula is C50H66O4. The maximum absolute atomic E-state index is 15.0. The van der Waals surface area contributed by atoms with Crippen molar-refractivity contribution in [1.82, 2.24) is 0 Å². The molecule has 6 unspecified atom stereocenters. The van der Waals surface area contributed by atoms with Crippen molar-refractivity contribution in [2.24, 2.45) is 40.4 Å². The molecule has 6 rings (SSSR count). The molecule has 6 atom stereocenters. The van der Waals surface area contributed by atoms with Gasteiger partial charge >= 0.3 is 0 Å². The molecule has 4 heteroatoms. The first-order valence-electron chi connectivity index (χ1n) is 21.0. The standard InChI is InChI=1S/C50H66O4/c1-11-30(2)19-37-16-17-38(23-37)39-24-41-33(5)18-31(3)21-43(41)47(25-39)54-40-26-42(46(52)29-50(35(7)51)28-34(50)6)44(27-40)48(53)45(49(8,9)10)22-32(4)20-36-14-12-13-15-36/h17-18,21,23-25,34,36,40,42,44-45H,2,4,11-16,19-20,22,26-29H2,1,3,5-10H3. The number of hydrogen-bond donors (Lipinski definition) is 0. The van der Waals surface area contributed by atoms with Crippen molar-refractivity contribution < 1.29 is 19.1 Å². The van der Waals surface area contributed by atoms with E-state index in [2.05, 4.69) is 98.0 Å². The summed E-state index contributed by atoms with van der Waals surface area (Å²) in [4.78, 5) is 42.3. The van der Waals surface area contributed by atoms with Crippen molar-refractivity contribution in [3.63, 3.8) is 0 Å². The first kappa shape index (κ1) is 40.1. The molecule has 0 N–H and O–H groups in total. The second-order valence-corrected chi connectivity index (χ2v) is 19.1. The number of aryl methyl sites for hydroxylation is 2. The molecule has 4 aliphatic rings. The Labute approximate surface area is 326 Å². The third-order valence-corrected chi connectivity index (χ3v) is 13.8. The van der Waals surface area contributed by atoms with Crippen LogP contribution in [0.15, 0.2) is 66.3 Å². The van der Waals surface area contributed by atoms with Gasteiger partial charge in [-0.1, -0.05) is 114 Å². The second kappa shape index (κ2) is 15.9. The van der Waals surface area contributed by atoms with Gasteiger partial charge in [-0.05, 0) is 130 Å². The Balaban J connectivity index is 1.32. The van der Waals surface area contributed by atoms with Crippen LogP contribution >= 0.6 is 0 Å². The van der Waals surface area contributed by atoms with Gasteiger partial charge in [-0.3, -0.25) is 14.4 Å². The van der Waals surface area contributed by atoms with E-state index < -0.39 is 17.3 Å². The molecule has 3 fully saturated rings. The summed E-state index contributed by atoms with van der Waals surface area (Å²) in [6.07, 6.45) is 15.8. The molecule has 4 aliphatic carbocycles. The van der Waals surface area contributed by atoms with Crippen molar-refractivity contribution in [1.29, 1.82) is 0 Å². The second-order valence-electron chi connectivity index (χ2n) is 19.1. The van der Waals surface area contributed by atoms with Crippen LogP contribution in [0.2, 0.25) is 0 Å².